The van der Waals surface area contributed by atoms with E-state index >= 15 is 0 Å². The summed E-state index contributed by atoms with van der Waals surface area (Å²) in [4.78, 5) is 0. The van der Waals surface area contributed by atoms with Crippen LogP contribution in [0.15, 0.2) is 28.7 Å². The molecule has 3 N–H and O–H groups in total. The zero-order valence-electron chi connectivity index (χ0n) is 10.8. The summed E-state index contributed by atoms with van der Waals surface area (Å²) in [6, 6.07) is 8.04. The van der Waals surface area contributed by atoms with Crippen LogP contribution >= 0.6 is 27.5 Å². The fourth-order valence-electron chi connectivity index (χ4n) is 2.09. The van der Waals surface area contributed by atoms with Crippen LogP contribution in [0.2, 0.25) is 5.02 Å². The molecule has 2 rings (SSSR count). The van der Waals surface area contributed by atoms with E-state index in [4.69, 9.17) is 17.4 Å². The van der Waals surface area contributed by atoms with E-state index in [2.05, 4.69) is 26.5 Å². The molecule has 0 aliphatic rings. The van der Waals surface area contributed by atoms with E-state index < -0.39 is 0 Å². The molecule has 6 heteroatoms. The van der Waals surface area contributed by atoms with Crippen molar-refractivity contribution in [1.82, 2.24) is 15.2 Å². The van der Waals surface area contributed by atoms with Gasteiger partial charge < -0.3 is 0 Å². The van der Waals surface area contributed by atoms with Crippen LogP contribution in [-0.2, 0) is 13.5 Å². The van der Waals surface area contributed by atoms with Crippen LogP contribution in [0.5, 0.6) is 0 Å². The third-order valence-electron chi connectivity index (χ3n) is 3.11. The van der Waals surface area contributed by atoms with E-state index in [0.29, 0.717) is 11.4 Å². The fraction of sp³-hybridized carbons (Fsp3) is 0.308. The number of halogens is 2. The van der Waals surface area contributed by atoms with E-state index in [9.17, 15) is 0 Å². The molecule has 1 aromatic carbocycles. The van der Waals surface area contributed by atoms with Gasteiger partial charge in [0.15, 0.2) is 0 Å². The lowest BCUT2D eigenvalue weighted by atomic mass is 10.0. The zero-order chi connectivity index (χ0) is 14.0. The van der Waals surface area contributed by atoms with Gasteiger partial charge in [-0.25, -0.2) is 0 Å². The third-order valence-corrected chi connectivity index (χ3v) is 4.10. The van der Waals surface area contributed by atoms with Gasteiger partial charge >= 0.3 is 0 Å². The predicted octanol–water partition coefficient (Wildman–Crippen LogP) is 2.89. The highest BCUT2D eigenvalue weighted by Crippen LogP contribution is 2.26. The summed E-state index contributed by atoms with van der Waals surface area (Å²) < 4.78 is 2.83. The topological polar surface area (TPSA) is 55.9 Å². The maximum absolute atomic E-state index is 6.27. The molecule has 0 fully saturated rings. The Kier molecular flexibility index (Phi) is 4.62. The van der Waals surface area contributed by atoms with E-state index in [0.717, 1.165) is 21.4 Å². The van der Waals surface area contributed by atoms with Gasteiger partial charge in [-0.3, -0.25) is 16.0 Å². The lowest BCUT2D eigenvalue weighted by Crippen LogP contribution is -2.30. The largest absolute Gasteiger partial charge is 0.271 e. The van der Waals surface area contributed by atoms with Gasteiger partial charge in [0, 0.05) is 17.9 Å². The average molecular weight is 344 g/mol. The Morgan fingerprint density at radius 3 is 2.79 bits per heavy atom. The molecule has 0 bridgehead atoms. The predicted molar refractivity (Wildman–Crippen MR) is 80.9 cm³/mol. The molecule has 4 nitrogen and oxygen atoms in total. The first-order valence-corrected chi connectivity index (χ1v) is 7.09. The Labute approximate surface area is 126 Å². The van der Waals surface area contributed by atoms with E-state index in [1.165, 1.54) is 0 Å². The van der Waals surface area contributed by atoms with Crippen molar-refractivity contribution in [1.29, 1.82) is 0 Å². The number of rotatable bonds is 4. The number of hydrazine groups is 1. The maximum Gasteiger partial charge on any atom is 0.0847 e. The summed E-state index contributed by atoms with van der Waals surface area (Å²) in [6.45, 7) is 1.90. The number of aromatic nitrogens is 2. The highest BCUT2D eigenvalue weighted by Gasteiger charge is 2.17. The van der Waals surface area contributed by atoms with Crippen LogP contribution in [0.3, 0.4) is 0 Å². The second kappa shape index (κ2) is 6.05. The van der Waals surface area contributed by atoms with Crippen LogP contribution in [0.4, 0.5) is 0 Å². The molecule has 1 atom stereocenters. The van der Waals surface area contributed by atoms with Crippen LogP contribution in [0, 0.1) is 6.92 Å². The first kappa shape index (κ1) is 14.5. The molecule has 0 aliphatic heterocycles. The maximum atomic E-state index is 6.27. The molecule has 1 unspecified atom stereocenters. The van der Waals surface area contributed by atoms with Crippen molar-refractivity contribution in [2.75, 3.05) is 0 Å². The number of nitrogens with one attached hydrogen (secondary N) is 1. The molecule has 0 spiro atoms. The lowest BCUT2D eigenvalue weighted by molar-refractivity contribution is 0.530. The normalized spacial score (nSPS) is 12.7. The smallest absolute Gasteiger partial charge is 0.0847 e. The summed E-state index contributed by atoms with van der Waals surface area (Å²) in [7, 11) is 1.89. The second-order valence-corrected chi connectivity index (χ2v) is 5.74. The summed E-state index contributed by atoms with van der Waals surface area (Å²) >= 11 is 9.74. The molecule has 0 saturated heterocycles. The number of nitrogens with zero attached hydrogens (tertiary/aromatic N) is 2. The molecule has 2 aromatic rings. The molecule has 0 amide bonds. The first-order chi connectivity index (χ1) is 9.02. The minimum atomic E-state index is -0.00944. The van der Waals surface area contributed by atoms with Crippen molar-refractivity contribution < 1.29 is 0 Å². The van der Waals surface area contributed by atoms with Gasteiger partial charge in [0.05, 0.1) is 22.5 Å². The van der Waals surface area contributed by atoms with Gasteiger partial charge in [-0.1, -0.05) is 39.7 Å². The molecule has 0 saturated carbocycles. The molecule has 0 radical (unpaired) electrons. The SMILES string of the molecule is Cc1nn(C)c(CC(NN)c2cccc(Br)c2)c1Cl. The van der Waals surface area contributed by atoms with Crippen molar-refractivity contribution in [3.05, 3.63) is 50.7 Å². The number of hydrogen-bond acceptors (Lipinski definition) is 3. The molecular weight excluding hydrogens is 328 g/mol. The molecule has 19 heavy (non-hydrogen) atoms. The lowest BCUT2D eigenvalue weighted by Gasteiger charge is -2.17. The molecule has 1 aromatic heterocycles. The fourth-order valence-corrected chi connectivity index (χ4v) is 2.75. The van der Waals surface area contributed by atoms with Crippen LogP contribution < -0.4 is 11.3 Å². The Morgan fingerprint density at radius 1 is 1.53 bits per heavy atom. The van der Waals surface area contributed by atoms with Crippen molar-refractivity contribution in [3.8, 4) is 0 Å². The monoisotopic (exact) mass is 342 g/mol. The average Bonchev–Trinajstić information content (AvgIpc) is 2.61. The number of hydrogen-bond donors (Lipinski definition) is 2. The summed E-state index contributed by atoms with van der Waals surface area (Å²) in [5.74, 6) is 5.67. The number of benzene rings is 1. The third kappa shape index (κ3) is 3.17. The van der Waals surface area contributed by atoms with Crippen LogP contribution in [0.25, 0.3) is 0 Å². The van der Waals surface area contributed by atoms with Gasteiger partial charge in [-0.15, -0.1) is 0 Å². The van der Waals surface area contributed by atoms with Gasteiger partial charge in [0.2, 0.25) is 0 Å². The number of nitrogens with two attached hydrogens (primary N) is 1. The Bertz CT molecular complexity index is 582. The Morgan fingerprint density at radius 2 is 2.26 bits per heavy atom. The van der Waals surface area contributed by atoms with Gasteiger partial charge in [-0.05, 0) is 24.6 Å². The first-order valence-electron chi connectivity index (χ1n) is 5.92. The minimum absolute atomic E-state index is 0.00944. The Balaban J connectivity index is 2.29. The highest BCUT2D eigenvalue weighted by atomic mass is 79.9. The molecule has 1 heterocycles. The van der Waals surface area contributed by atoms with Crippen molar-refractivity contribution in [2.24, 2.45) is 12.9 Å². The Hall–Kier alpha value is -0.880. The molecular formula is C13H16BrClN4. The van der Waals surface area contributed by atoms with Crippen molar-refractivity contribution in [2.45, 2.75) is 19.4 Å². The number of aryl methyl sites for hydroxylation is 2. The van der Waals surface area contributed by atoms with Gasteiger partial charge in [0.1, 0.15) is 0 Å². The van der Waals surface area contributed by atoms with Crippen LogP contribution in [-0.4, -0.2) is 9.78 Å². The standard InChI is InChI=1S/C13H16BrClN4/c1-8-13(15)12(19(2)18-8)7-11(17-16)9-4-3-5-10(14)6-9/h3-6,11,17H,7,16H2,1-2H3. The van der Waals surface area contributed by atoms with Gasteiger partial charge in [0.25, 0.3) is 0 Å². The summed E-state index contributed by atoms with van der Waals surface area (Å²) in [6.07, 6.45) is 0.684. The van der Waals surface area contributed by atoms with Crippen molar-refractivity contribution >= 4 is 27.5 Å². The zero-order valence-corrected chi connectivity index (χ0v) is 13.2. The van der Waals surface area contributed by atoms with Gasteiger partial charge in [-0.2, -0.15) is 5.10 Å². The minimum Gasteiger partial charge on any atom is -0.271 e. The van der Waals surface area contributed by atoms with Crippen LogP contribution in [0.1, 0.15) is 23.0 Å². The van der Waals surface area contributed by atoms with E-state index in [-0.39, 0.29) is 6.04 Å². The second-order valence-electron chi connectivity index (χ2n) is 4.45. The molecule has 102 valence electrons. The summed E-state index contributed by atoms with van der Waals surface area (Å²) in [5, 5.41) is 5.02. The molecule has 0 aliphatic carbocycles. The quantitative estimate of drug-likeness (QED) is 0.663. The summed E-state index contributed by atoms with van der Waals surface area (Å²) in [5.41, 5.74) is 5.75. The van der Waals surface area contributed by atoms with Crippen molar-refractivity contribution in [3.63, 3.8) is 0 Å². The van der Waals surface area contributed by atoms with E-state index in [1.807, 2.05) is 38.2 Å². The highest BCUT2D eigenvalue weighted by molar-refractivity contribution is 9.10. The van der Waals surface area contributed by atoms with E-state index in [1.54, 1.807) is 4.68 Å².